The lowest BCUT2D eigenvalue weighted by molar-refractivity contribution is -0.122. The molecule has 3 rings (SSSR count). The molecule has 0 radical (unpaired) electrons. The SMILES string of the molecule is CC1=C(C#N)C(c2ccccc2F)C2C(=O)CCC=C2N1. The molecule has 4 heteroatoms. The van der Waals surface area contributed by atoms with Crippen LogP contribution in [0.3, 0.4) is 0 Å². The Bertz CT molecular complexity index is 712. The van der Waals surface area contributed by atoms with E-state index in [4.69, 9.17) is 0 Å². The third-order valence-electron chi connectivity index (χ3n) is 4.18. The van der Waals surface area contributed by atoms with Crippen LogP contribution >= 0.6 is 0 Å². The summed E-state index contributed by atoms with van der Waals surface area (Å²) in [4.78, 5) is 12.4. The van der Waals surface area contributed by atoms with E-state index in [0.717, 1.165) is 5.70 Å². The van der Waals surface area contributed by atoms with E-state index in [2.05, 4.69) is 11.4 Å². The van der Waals surface area contributed by atoms with Crippen LogP contribution in [0.2, 0.25) is 0 Å². The van der Waals surface area contributed by atoms with Crippen LogP contribution in [0.4, 0.5) is 4.39 Å². The number of nitrogens with one attached hydrogen (secondary N) is 1. The minimum Gasteiger partial charge on any atom is -0.361 e. The largest absolute Gasteiger partial charge is 0.361 e. The first-order valence-corrected chi connectivity index (χ1v) is 6.98. The quantitative estimate of drug-likeness (QED) is 0.860. The molecule has 0 spiro atoms. The van der Waals surface area contributed by atoms with E-state index in [0.29, 0.717) is 29.7 Å². The van der Waals surface area contributed by atoms with Crippen molar-refractivity contribution in [1.82, 2.24) is 5.32 Å². The molecule has 1 aliphatic carbocycles. The molecule has 0 amide bonds. The van der Waals surface area contributed by atoms with Crippen LogP contribution in [0.15, 0.2) is 47.3 Å². The molecule has 0 saturated carbocycles. The van der Waals surface area contributed by atoms with E-state index in [1.165, 1.54) is 6.07 Å². The first-order valence-electron chi connectivity index (χ1n) is 6.98. The maximum Gasteiger partial charge on any atom is 0.143 e. The zero-order chi connectivity index (χ0) is 15.0. The van der Waals surface area contributed by atoms with Gasteiger partial charge in [-0.05, 0) is 25.0 Å². The highest BCUT2D eigenvalue weighted by Gasteiger charge is 2.41. The molecule has 0 fully saturated rings. The molecule has 0 bridgehead atoms. The van der Waals surface area contributed by atoms with Crippen molar-refractivity contribution in [3.05, 3.63) is 58.7 Å². The van der Waals surface area contributed by atoms with E-state index in [9.17, 15) is 14.4 Å². The lowest BCUT2D eigenvalue weighted by atomic mass is 9.71. The Morgan fingerprint density at radius 2 is 2.10 bits per heavy atom. The Labute approximate surface area is 122 Å². The molecule has 21 heavy (non-hydrogen) atoms. The smallest absolute Gasteiger partial charge is 0.143 e. The molecule has 2 aliphatic rings. The van der Waals surface area contributed by atoms with Gasteiger partial charge in [0.05, 0.1) is 17.6 Å². The van der Waals surface area contributed by atoms with Crippen molar-refractivity contribution >= 4 is 5.78 Å². The Morgan fingerprint density at radius 1 is 1.33 bits per heavy atom. The second-order valence-electron chi connectivity index (χ2n) is 5.42. The van der Waals surface area contributed by atoms with Crippen LogP contribution in [-0.2, 0) is 4.79 Å². The minimum atomic E-state index is -0.531. The number of benzene rings is 1. The van der Waals surface area contributed by atoms with Crippen LogP contribution in [-0.4, -0.2) is 5.78 Å². The van der Waals surface area contributed by atoms with Crippen LogP contribution in [0.1, 0.15) is 31.2 Å². The van der Waals surface area contributed by atoms with Crippen molar-refractivity contribution in [2.75, 3.05) is 0 Å². The molecule has 1 aromatic rings. The fraction of sp³-hybridized carbons (Fsp3) is 0.294. The van der Waals surface area contributed by atoms with E-state index in [1.54, 1.807) is 25.1 Å². The number of fused-ring (bicyclic) bond motifs is 1. The summed E-state index contributed by atoms with van der Waals surface area (Å²) >= 11 is 0. The summed E-state index contributed by atoms with van der Waals surface area (Å²) in [7, 11) is 0. The molecule has 1 N–H and O–H groups in total. The summed E-state index contributed by atoms with van der Waals surface area (Å²) in [5.74, 6) is -1.32. The number of hydrogen-bond donors (Lipinski definition) is 1. The van der Waals surface area contributed by atoms with Gasteiger partial charge < -0.3 is 5.32 Å². The first kappa shape index (κ1) is 13.6. The average molecular weight is 282 g/mol. The Balaban J connectivity index is 2.22. The number of ketones is 1. The van der Waals surface area contributed by atoms with Gasteiger partial charge in [0.1, 0.15) is 11.6 Å². The molecule has 1 heterocycles. The summed E-state index contributed by atoms with van der Waals surface area (Å²) in [6, 6.07) is 8.54. The van der Waals surface area contributed by atoms with E-state index in [1.807, 2.05) is 6.08 Å². The molecule has 1 aliphatic heterocycles. The van der Waals surface area contributed by atoms with Gasteiger partial charge in [-0.1, -0.05) is 24.3 Å². The van der Waals surface area contributed by atoms with Crippen LogP contribution in [0.5, 0.6) is 0 Å². The zero-order valence-electron chi connectivity index (χ0n) is 11.7. The Morgan fingerprint density at radius 3 is 2.81 bits per heavy atom. The van der Waals surface area contributed by atoms with Gasteiger partial charge in [-0.15, -0.1) is 0 Å². The highest BCUT2D eigenvalue weighted by atomic mass is 19.1. The Kier molecular flexibility index (Phi) is 3.34. The Hall–Kier alpha value is -2.41. The van der Waals surface area contributed by atoms with Gasteiger partial charge in [0.2, 0.25) is 0 Å². The van der Waals surface area contributed by atoms with Crippen molar-refractivity contribution in [3.63, 3.8) is 0 Å². The fourth-order valence-electron chi connectivity index (χ4n) is 3.22. The number of Topliss-reactive ketones (excluding diaryl/α,β-unsaturated/α-hetero) is 1. The standard InChI is InChI=1S/C17H15FN2O/c1-10-12(9-19)16(11-5-2-3-6-13(11)18)17-14(20-10)7-4-8-15(17)21/h2-3,5-7,16-17,20H,4,8H2,1H3. The number of halogens is 1. The number of nitrogens with zero attached hydrogens (tertiary/aromatic N) is 1. The highest BCUT2D eigenvalue weighted by molar-refractivity contribution is 5.87. The monoisotopic (exact) mass is 282 g/mol. The van der Waals surface area contributed by atoms with Gasteiger partial charge in [-0.2, -0.15) is 5.26 Å². The molecule has 2 atom stereocenters. The average Bonchev–Trinajstić information content (AvgIpc) is 2.47. The van der Waals surface area contributed by atoms with Crippen LogP contribution in [0, 0.1) is 23.1 Å². The fourth-order valence-corrected chi connectivity index (χ4v) is 3.22. The van der Waals surface area contributed by atoms with E-state index >= 15 is 0 Å². The van der Waals surface area contributed by atoms with Crippen molar-refractivity contribution < 1.29 is 9.18 Å². The summed E-state index contributed by atoms with van der Waals surface area (Å²) in [5, 5.41) is 12.6. The van der Waals surface area contributed by atoms with E-state index in [-0.39, 0.29) is 11.6 Å². The lowest BCUT2D eigenvalue weighted by Gasteiger charge is -2.36. The summed E-state index contributed by atoms with van der Waals surface area (Å²) in [6.07, 6.45) is 3.12. The van der Waals surface area contributed by atoms with Crippen LogP contribution in [0.25, 0.3) is 0 Å². The van der Waals surface area contributed by atoms with Gasteiger partial charge in [-0.25, -0.2) is 4.39 Å². The van der Waals surface area contributed by atoms with Crippen molar-refractivity contribution in [2.45, 2.75) is 25.7 Å². The second kappa shape index (κ2) is 5.17. The lowest BCUT2D eigenvalue weighted by Crippen LogP contribution is -2.38. The highest BCUT2D eigenvalue weighted by Crippen LogP contribution is 2.43. The van der Waals surface area contributed by atoms with Crippen molar-refractivity contribution in [1.29, 1.82) is 5.26 Å². The number of hydrogen-bond acceptors (Lipinski definition) is 3. The predicted molar refractivity (Wildman–Crippen MR) is 76.4 cm³/mol. The molecule has 2 unspecified atom stereocenters. The predicted octanol–water partition coefficient (Wildman–Crippen LogP) is 3.17. The number of nitriles is 1. The number of rotatable bonds is 1. The van der Waals surface area contributed by atoms with Gasteiger partial charge in [0, 0.05) is 23.7 Å². The third-order valence-corrected chi connectivity index (χ3v) is 4.18. The normalized spacial score (nSPS) is 24.8. The van der Waals surface area contributed by atoms with Gasteiger partial charge in [0.15, 0.2) is 0 Å². The number of allylic oxidation sites excluding steroid dienone is 4. The van der Waals surface area contributed by atoms with E-state index < -0.39 is 11.8 Å². The molecule has 3 nitrogen and oxygen atoms in total. The van der Waals surface area contributed by atoms with Gasteiger partial charge >= 0.3 is 0 Å². The molecular weight excluding hydrogens is 267 g/mol. The number of carbonyl (C=O) groups excluding carboxylic acids is 1. The van der Waals surface area contributed by atoms with Crippen LogP contribution < -0.4 is 5.32 Å². The molecule has 0 saturated heterocycles. The van der Waals surface area contributed by atoms with Gasteiger partial charge in [0.25, 0.3) is 0 Å². The molecular formula is C17H15FN2O. The first-order chi connectivity index (χ1) is 10.1. The second-order valence-corrected chi connectivity index (χ2v) is 5.42. The molecule has 1 aromatic carbocycles. The molecule has 106 valence electrons. The number of carbonyl (C=O) groups is 1. The maximum atomic E-state index is 14.2. The summed E-state index contributed by atoms with van der Waals surface area (Å²) < 4.78 is 14.2. The van der Waals surface area contributed by atoms with Crippen molar-refractivity contribution in [3.8, 4) is 6.07 Å². The summed E-state index contributed by atoms with van der Waals surface area (Å²) in [5.41, 5.74) is 2.36. The minimum absolute atomic E-state index is 0.0634. The summed E-state index contributed by atoms with van der Waals surface area (Å²) in [6.45, 7) is 1.79. The zero-order valence-corrected chi connectivity index (χ0v) is 11.7. The van der Waals surface area contributed by atoms with Crippen molar-refractivity contribution in [2.24, 2.45) is 5.92 Å². The topological polar surface area (TPSA) is 52.9 Å². The van der Waals surface area contributed by atoms with Gasteiger partial charge in [-0.3, -0.25) is 4.79 Å². The maximum absolute atomic E-state index is 14.2. The third kappa shape index (κ3) is 2.15. The molecule has 0 aromatic heterocycles.